The van der Waals surface area contributed by atoms with Gasteiger partial charge in [-0.05, 0) is 43.5 Å². The topological polar surface area (TPSA) is 76.4 Å². The lowest BCUT2D eigenvalue weighted by molar-refractivity contribution is 0.0696. The summed E-state index contributed by atoms with van der Waals surface area (Å²) < 4.78 is 5.27. The maximum absolute atomic E-state index is 12.1. The van der Waals surface area contributed by atoms with E-state index in [9.17, 15) is 4.79 Å². The fraction of sp³-hybridized carbons (Fsp3) is 0.462. The van der Waals surface area contributed by atoms with Crippen molar-refractivity contribution in [2.75, 3.05) is 18.6 Å². The first-order chi connectivity index (χ1) is 8.70. The van der Waals surface area contributed by atoms with E-state index >= 15 is 0 Å². The van der Waals surface area contributed by atoms with Gasteiger partial charge in [0.05, 0.1) is 0 Å². The highest BCUT2D eigenvalue weighted by Gasteiger charge is 2.17. The normalized spacial score (nSPS) is 16.3. The molecule has 0 aromatic heterocycles. The van der Waals surface area contributed by atoms with Gasteiger partial charge in [-0.25, -0.2) is 0 Å². The minimum Gasteiger partial charge on any atom is -0.381 e. The number of hydrazine groups is 1. The van der Waals surface area contributed by atoms with Gasteiger partial charge in [0, 0.05) is 30.5 Å². The maximum Gasteiger partial charge on any atom is 0.251 e. The second-order valence-electron chi connectivity index (χ2n) is 4.53. The monoisotopic (exact) mass is 249 g/mol. The third-order valence-corrected chi connectivity index (χ3v) is 3.19. The Labute approximate surface area is 107 Å². The van der Waals surface area contributed by atoms with E-state index in [0.29, 0.717) is 5.56 Å². The summed E-state index contributed by atoms with van der Waals surface area (Å²) in [6, 6.07) is 5.67. The van der Waals surface area contributed by atoms with E-state index in [-0.39, 0.29) is 11.9 Å². The van der Waals surface area contributed by atoms with Gasteiger partial charge in [0.25, 0.3) is 5.91 Å². The molecule has 1 aliphatic rings. The lowest BCUT2D eigenvalue weighted by Crippen LogP contribution is -2.39. The van der Waals surface area contributed by atoms with Crippen molar-refractivity contribution in [2.45, 2.75) is 25.8 Å². The van der Waals surface area contributed by atoms with E-state index in [1.807, 2.05) is 13.0 Å². The Morgan fingerprint density at radius 3 is 2.72 bits per heavy atom. The van der Waals surface area contributed by atoms with Crippen molar-refractivity contribution in [1.29, 1.82) is 0 Å². The van der Waals surface area contributed by atoms with E-state index in [0.717, 1.165) is 37.3 Å². The molecule has 4 N–H and O–H groups in total. The number of carbonyl (C=O) groups excluding carboxylic acids is 1. The molecule has 18 heavy (non-hydrogen) atoms. The van der Waals surface area contributed by atoms with Gasteiger partial charge in [-0.15, -0.1) is 0 Å². The Balaban J connectivity index is 2.03. The van der Waals surface area contributed by atoms with Crippen molar-refractivity contribution < 1.29 is 9.53 Å². The molecule has 0 aliphatic carbocycles. The minimum absolute atomic E-state index is 0.0250. The fourth-order valence-electron chi connectivity index (χ4n) is 2.11. The molecule has 1 amide bonds. The van der Waals surface area contributed by atoms with Gasteiger partial charge in [-0.1, -0.05) is 0 Å². The van der Waals surface area contributed by atoms with Crippen LogP contribution in [0.2, 0.25) is 0 Å². The SMILES string of the molecule is Cc1cc(NN)ccc1C(=O)NC1CCOCC1. The first-order valence-corrected chi connectivity index (χ1v) is 6.16. The van der Waals surface area contributed by atoms with Crippen LogP contribution in [0, 0.1) is 6.92 Å². The first kappa shape index (κ1) is 12.9. The van der Waals surface area contributed by atoms with Gasteiger partial charge in [0.15, 0.2) is 0 Å². The zero-order valence-electron chi connectivity index (χ0n) is 10.5. The summed E-state index contributed by atoms with van der Waals surface area (Å²) in [6.45, 7) is 3.35. The lowest BCUT2D eigenvalue weighted by atomic mass is 10.0. The number of aryl methyl sites for hydroxylation is 1. The summed E-state index contributed by atoms with van der Waals surface area (Å²) in [5, 5.41) is 3.04. The molecule has 1 heterocycles. The van der Waals surface area contributed by atoms with Crippen LogP contribution in [0.1, 0.15) is 28.8 Å². The predicted molar refractivity (Wildman–Crippen MR) is 70.3 cm³/mol. The Bertz CT molecular complexity index is 428. The summed E-state index contributed by atoms with van der Waals surface area (Å²) in [5.41, 5.74) is 4.98. The number of anilines is 1. The van der Waals surface area contributed by atoms with E-state index in [4.69, 9.17) is 10.6 Å². The van der Waals surface area contributed by atoms with Gasteiger partial charge in [0.1, 0.15) is 0 Å². The van der Waals surface area contributed by atoms with Crippen LogP contribution in [0.25, 0.3) is 0 Å². The van der Waals surface area contributed by atoms with Crippen molar-refractivity contribution >= 4 is 11.6 Å². The number of rotatable bonds is 3. The summed E-state index contributed by atoms with van der Waals surface area (Å²) >= 11 is 0. The van der Waals surface area contributed by atoms with Crippen LogP contribution in [-0.2, 0) is 4.74 Å². The highest BCUT2D eigenvalue weighted by Crippen LogP contribution is 2.15. The quantitative estimate of drug-likeness (QED) is 0.555. The number of hydrogen-bond acceptors (Lipinski definition) is 4. The third-order valence-electron chi connectivity index (χ3n) is 3.19. The maximum atomic E-state index is 12.1. The number of carbonyl (C=O) groups is 1. The van der Waals surface area contributed by atoms with Crippen LogP contribution in [-0.4, -0.2) is 25.2 Å². The zero-order valence-corrected chi connectivity index (χ0v) is 10.5. The highest BCUT2D eigenvalue weighted by atomic mass is 16.5. The number of amides is 1. The molecular formula is C13H19N3O2. The first-order valence-electron chi connectivity index (χ1n) is 6.16. The largest absolute Gasteiger partial charge is 0.381 e. The molecule has 0 bridgehead atoms. The number of ether oxygens (including phenoxy) is 1. The van der Waals surface area contributed by atoms with Gasteiger partial charge >= 0.3 is 0 Å². The van der Waals surface area contributed by atoms with Gasteiger partial charge in [0.2, 0.25) is 0 Å². The van der Waals surface area contributed by atoms with Crippen molar-refractivity contribution in [3.63, 3.8) is 0 Å². The van der Waals surface area contributed by atoms with Crippen LogP contribution in [0.5, 0.6) is 0 Å². The third kappa shape index (κ3) is 3.00. The molecule has 1 aliphatic heterocycles. The standard InChI is InChI=1S/C13H19N3O2/c1-9-8-11(16-14)2-3-12(9)13(17)15-10-4-6-18-7-5-10/h2-3,8,10,16H,4-7,14H2,1H3,(H,15,17). The van der Waals surface area contributed by atoms with Crippen LogP contribution in [0.3, 0.4) is 0 Å². The van der Waals surface area contributed by atoms with Crippen molar-refractivity contribution in [3.8, 4) is 0 Å². The van der Waals surface area contributed by atoms with Crippen LogP contribution in [0.4, 0.5) is 5.69 Å². The molecule has 1 aromatic rings. The summed E-state index contributed by atoms with van der Waals surface area (Å²) in [5.74, 6) is 5.30. The highest BCUT2D eigenvalue weighted by molar-refractivity contribution is 5.96. The number of nitrogens with two attached hydrogens (primary N) is 1. The number of nitrogens with one attached hydrogen (secondary N) is 2. The van der Waals surface area contributed by atoms with E-state index in [1.54, 1.807) is 12.1 Å². The Hall–Kier alpha value is -1.59. The van der Waals surface area contributed by atoms with Gasteiger partial charge < -0.3 is 15.5 Å². The predicted octanol–water partition coefficient (Wildman–Crippen LogP) is 1.19. The Kier molecular flexibility index (Phi) is 4.17. The molecule has 0 atom stereocenters. The smallest absolute Gasteiger partial charge is 0.251 e. The van der Waals surface area contributed by atoms with Crippen LogP contribution < -0.4 is 16.6 Å². The molecule has 1 aromatic carbocycles. The van der Waals surface area contributed by atoms with Crippen molar-refractivity contribution in [2.24, 2.45) is 5.84 Å². The molecule has 0 saturated carbocycles. The zero-order chi connectivity index (χ0) is 13.0. The molecule has 0 radical (unpaired) electrons. The van der Waals surface area contributed by atoms with Crippen LogP contribution in [0.15, 0.2) is 18.2 Å². The molecule has 2 rings (SSSR count). The molecule has 5 nitrogen and oxygen atoms in total. The molecular weight excluding hydrogens is 230 g/mol. The number of hydrogen-bond donors (Lipinski definition) is 3. The molecule has 98 valence electrons. The summed E-state index contributed by atoms with van der Waals surface area (Å²) in [4.78, 5) is 12.1. The lowest BCUT2D eigenvalue weighted by Gasteiger charge is -2.23. The molecule has 1 saturated heterocycles. The fourth-order valence-corrected chi connectivity index (χ4v) is 2.11. The summed E-state index contributed by atoms with van der Waals surface area (Å²) in [6.07, 6.45) is 1.76. The molecule has 0 spiro atoms. The van der Waals surface area contributed by atoms with E-state index < -0.39 is 0 Å². The Morgan fingerprint density at radius 2 is 2.11 bits per heavy atom. The number of nitrogen functional groups attached to an aromatic ring is 1. The van der Waals surface area contributed by atoms with E-state index in [2.05, 4.69) is 10.7 Å². The van der Waals surface area contributed by atoms with Crippen molar-refractivity contribution in [1.82, 2.24) is 5.32 Å². The second-order valence-corrected chi connectivity index (χ2v) is 4.53. The number of benzene rings is 1. The molecule has 1 fully saturated rings. The van der Waals surface area contributed by atoms with Gasteiger partial charge in [-0.2, -0.15) is 0 Å². The Morgan fingerprint density at radius 1 is 1.39 bits per heavy atom. The van der Waals surface area contributed by atoms with E-state index in [1.165, 1.54) is 0 Å². The minimum atomic E-state index is -0.0250. The molecule has 0 unspecified atom stereocenters. The molecule has 5 heteroatoms. The second kappa shape index (κ2) is 5.84. The van der Waals surface area contributed by atoms with Crippen molar-refractivity contribution in [3.05, 3.63) is 29.3 Å². The van der Waals surface area contributed by atoms with Gasteiger partial charge in [-0.3, -0.25) is 10.6 Å². The van der Waals surface area contributed by atoms with Crippen LogP contribution >= 0.6 is 0 Å². The average molecular weight is 249 g/mol. The average Bonchev–Trinajstić information content (AvgIpc) is 2.39. The summed E-state index contributed by atoms with van der Waals surface area (Å²) in [7, 11) is 0.